The predicted molar refractivity (Wildman–Crippen MR) is 93.0 cm³/mol. The first-order valence-corrected chi connectivity index (χ1v) is 7.97. The molecule has 142 valence electrons. The number of alkyl halides is 2. The molecule has 3 rings (SSSR count). The second-order valence-corrected chi connectivity index (χ2v) is 5.91. The van der Waals surface area contributed by atoms with Crippen LogP contribution in [0.3, 0.4) is 0 Å². The van der Waals surface area contributed by atoms with Crippen molar-refractivity contribution in [1.82, 2.24) is 9.97 Å². The Morgan fingerprint density at radius 1 is 1.37 bits per heavy atom. The van der Waals surface area contributed by atoms with E-state index in [-0.39, 0.29) is 36.2 Å². The van der Waals surface area contributed by atoms with Gasteiger partial charge in [-0.15, -0.1) is 0 Å². The molecule has 1 unspecified atom stereocenters. The number of ether oxygens (including phenoxy) is 2. The molecule has 0 aliphatic carbocycles. The number of hydrogen-bond donors (Lipinski definition) is 2. The van der Waals surface area contributed by atoms with Crippen molar-refractivity contribution in [3.05, 3.63) is 47.9 Å². The number of benzene rings is 1. The third-order valence-electron chi connectivity index (χ3n) is 3.84. The molecule has 8 nitrogen and oxygen atoms in total. The summed E-state index contributed by atoms with van der Waals surface area (Å²) in [6.07, 6.45) is -0.935. The smallest absolute Gasteiger partial charge is 0.389 e. The molecule has 0 saturated carbocycles. The number of rotatable bonds is 4. The first kappa shape index (κ1) is 18.6. The summed E-state index contributed by atoms with van der Waals surface area (Å²) < 4.78 is 37.7. The fourth-order valence-electron chi connectivity index (χ4n) is 2.56. The number of anilines is 1. The van der Waals surface area contributed by atoms with Crippen LogP contribution in [0.15, 0.2) is 41.7 Å². The van der Waals surface area contributed by atoms with Gasteiger partial charge in [0, 0.05) is 5.69 Å². The van der Waals surface area contributed by atoms with Crippen LogP contribution in [0.4, 0.5) is 19.3 Å². The standard InChI is InChI=1S/C17H17F2N5O3/c1-10-6-22-14(7-21-10)27-16(25)23-12-4-2-3-11(5-12)17(15(18)19)9-26-8-13(20)24-17/h2-7,15H,8-9H2,1H3,(H2,20,24)(H,23,25). The van der Waals surface area contributed by atoms with E-state index in [4.69, 9.17) is 15.2 Å². The van der Waals surface area contributed by atoms with Gasteiger partial charge in [0.2, 0.25) is 5.88 Å². The van der Waals surface area contributed by atoms with E-state index in [1.54, 1.807) is 6.92 Å². The van der Waals surface area contributed by atoms with Crippen molar-refractivity contribution in [3.8, 4) is 5.88 Å². The van der Waals surface area contributed by atoms with Gasteiger partial charge in [-0.25, -0.2) is 18.6 Å². The maximum atomic E-state index is 13.8. The van der Waals surface area contributed by atoms with Gasteiger partial charge in [0.25, 0.3) is 6.43 Å². The number of nitrogens with one attached hydrogen (secondary N) is 1. The molecule has 0 fully saturated rings. The lowest BCUT2D eigenvalue weighted by Gasteiger charge is -2.33. The van der Waals surface area contributed by atoms with E-state index in [0.29, 0.717) is 5.69 Å². The molecule has 0 radical (unpaired) electrons. The number of carbonyl (C=O) groups is 1. The summed E-state index contributed by atoms with van der Waals surface area (Å²) in [4.78, 5) is 23.8. The number of nitrogens with zero attached hydrogens (tertiary/aromatic N) is 3. The van der Waals surface area contributed by atoms with Crippen LogP contribution in [-0.2, 0) is 10.3 Å². The van der Waals surface area contributed by atoms with Gasteiger partial charge in [0.05, 0.1) is 24.7 Å². The van der Waals surface area contributed by atoms with Gasteiger partial charge in [0.1, 0.15) is 12.4 Å². The molecule has 10 heteroatoms. The zero-order chi connectivity index (χ0) is 19.4. The number of aromatic nitrogens is 2. The van der Waals surface area contributed by atoms with Crippen molar-refractivity contribution in [2.45, 2.75) is 18.9 Å². The topological polar surface area (TPSA) is 112 Å². The zero-order valence-corrected chi connectivity index (χ0v) is 14.4. The molecule has 27 heavy (non-hydrogen) atoms. The molecule has 1 atom stereocenters. The van der Waals surface area contributed by atoms with Crippen LogP contribution in [0.1, 0.15) is 11.3 Å². The summed E-state index contributed by atoms with van der Waals surface area (Å²) in [5, 5.41) is 2.46. The highest BCUT2D eigenvalue weighted by Crippen LogP contribution is 2.36. The van der Waals surface area contributed by atoms with Gasteiger partial charge >= 0.3 is 6.09 Å². The second-order valence-electron chi connectivity index (χ2n) is 5.91. The van der Waals surface area contributed by atoms with Crippen LogP contribution in [-0.4, -0.2) is 41.5 Å². The second kappa shape index (κ2) is 7.62. The summed E-state index contributed by atoms with van der Waals surface area (Å²) in [6, 6.07) is 5.89. The van der Waals surface area contributed by atoms with Gasteiger partial charge in [-0.05, 0) is 24.6 Å². The zero-order valence-electron chi connectivity index (χ0n) is 14.4. The van der Waals surface area contributed by atoms with E-state index in [0.717, 1.165) is 0 Å². The minimum atomic E-state index is -2.85. The highest BCUT2D eigenvalue weighted by atomic mass is 19.3. The van der Waals surface area contributed by atoms with E-state index in [2.05, 4.69) is 20.3 Å². The van der Waals surface area contributed by atoms with E-state index in [1.807, 2.05) is 0 Å². The number of nitrogens with two attached hydrogens (primary N) is 1. The monoisotopic (exact) mass is 377 g/mol. The Balaban J connectivity index is 1.79. The molecule has 1 aliphatic rings. The van der Waals surface area contributed by atoms with Crippen LogP contribution in [0, 0.1) is 6.92 Å². The van der Waals surface area contributed by atoms with Crippen molar-refractivity contribution in [2.75, 3.05) is 18.5 Å². The number of halogens is 2. The normalized spacial score (nSPS) is 19.5. The molecule has 1 aliphatic heterocycles. The van der Waals surface area contributed by atoms with E-state index in [1.165, 1.54) is 36.7 Å². The van der Waals surface area contributed by atoms with Crippen molar-refractivity contribution >= 4 is 17.6 Å². The number of carbonyl (C=O) groups excluding carboxylic acids is 1. The molecule has 0 bridgehead atoms. The lowest BCUT2D eigenvalue weighted by molar-refractivity contribution is -0.0129. The van der Waals surface area contributed by atoms with Crippen LogP contribution in [0.25, 0.3) is 0 Å². The maximum absolute atomic E-state index is 13.8. The summed E-state index contributed by atoms with van der Waals surface area (Å²) in [5.74, 6) is -0.00590. The Kier molecular flexibility index (Phi) is 5.26. The van der Waals surface area contributed by atoms with E-state index >= 15 is 0 Å². The molecular weight excluding hydrogens is 360 g/mol. The highest BCUT2D eigenvalue weighted by molar-refractivity contribution is 5.86. The molecular formula is C17H17F2N5O3. The Morgan fingerprint density at radius 3 is 2.85 bits per heavy atom. The van der Waals surface area contributed by atoms with Crippen LogP contribution < -0.4 is 15.8 Å². The fourth-order valence-corrected chi connectivity index (χ4v) is 2.56. The van der Waals surface area contributed by atoms with Crippen molar-refractivity contribution in [1.29, 1.82) is 0 Å². The average Bonchev–Trinajstić information content (AvgIpc) is 2.63. The van der Waals surface area contributed by atoms with Crippen LogP contribution in [0.5, 0.6) is 5.88 Å². The minimum absolute atomic E-state index is 0.00365. The van der Waals surface area contributed by atoms with Gasteiger partial charge in [-0.2, -0.15) is 0 Å². The Labute approximate surface area is 153 Å². The third kappa shape index (κ3) is 4.17. The maximum Gasteiger partial charge on any atom is 0.418 e. The average molecular weight is 377 g/mol. The number of aryl methyl sites for hydroxylation is 1. The van der Waals surface area contributed by atoms with Crippen molar-refractivity contribution in [3.63, 3.8) is 0 Å². The predicted octanol–water partition coefficient (Wildman–Crippen LogP) is 2.24. The third-order valence-corrected chi connectivity index (χ3v) is 3.84. The number of aliphatic imine (C=N–C) groups is 1. The molecule has 0 saturated heterocycles. The SMILES string of the molecule is Cc1cnc(OC(=O)Nc2cccc(C3(C(F)F)COCC(N)=N3)c2)cn1. The highest BCUT2D eigenvalue weighted by Gasteiger charge is 2.44. The van der Waals surface area contributed by atoms with Gasteiger partial charge < -0.3 is 15.2 Å². The van der Waals surface area contributed by atoms with Crippen LogP contribution in [0.2, 0.25) is 0 Å². The molecule has 2 heterocycles. The molecule has 1 amide bonds. The van der Waals surface area contributed by atoms with E-state index in [9.17, 15) is 13.6 Å². The van der Waals surface area contributed by atoms with Crippen LogP contribution >= 0.6 is 0 Å². The fraction of sp³-hybridized carbons (Fsp3) is 0.294. The number of amides is 1. The minimum Gasteiger partial charge on any atom is -0.389 e. The van der Waals surface area contributed by atoms with Crippen molar-refractivity contribution < 1.29 is 23.0 Å². The largest absolute Gasteiger partial charge is 0.418 e. The molecule has 1 aromatic carbocycles. The Morgan fingerprint density at radius 2 is 2.19 bits per heavy atom. The first-order chi connectivity index (χ1) is 12.9. The Bertz CT molecular complexity index is 860. The lowest BCUT2D eigenvalue weighted by Crippen LogP contribution is -2.44. The molecule has 0 spiro atoms. The molecule has 3 N–H and O–H groups in total. The lowest BCUT2D eigenvalue weighted by atomic mass is 9.90. The summed E-state index contributed by atoms with van der Waals surface area (Å²) >= 11 is 0. The number of hydrogen-bond acceptors (Lipinski definition) is 7. The van der Waals surface area contributed by atoms with E-state index < -0.39 is 18.1 Å². The molecule has 1 aromatic heterocycles. The van der Waals surface area contributed by atoms with Gasteiger partial charge in [-0.1, -0.05) is 12.1 Å². The Hall–Kier alpha value is -3.14. The quantitative estimate of drug-likeness (QED) is 0.845. The van der Waals surface area contributed by atoms with Gasteiger partial charge in [-0.3, -0.25) is 15.3 Å². The molecule has 2 aromatic rings. The summed E-state index contributed by atoms with van der Waals surface area (Å²) in [5.41, 5.74) is 4.74. The summed E-state index contributed by atoms with van der Waals surface area (Å²) in [7, 11) is 0. The summed E-state index contributed by atoms with van der Waals surface area (Å²) in [6.45, 7) is 1.42. The number of amidine groups is 1. The van der Waals surface area contributed by atoms with Gasteiger partial charge in [0.15, 0.2) is 5.54 Å². The van der Waals surface area contributed by atoms with Crippen molar-refractivity contribution in [2.24, 2.45) is 10.7 Å². The first-order valence-electron chi connectivity index (χ1n) is 7.97.